The van der Waals surface area contributed by atoms with Crippen LogP contribution >= 0.6 is 15.9 Å². The summed E-state index contributed by atoms with van der Waals surface area (Å²) in [5.74, 6) is -0.924. The van der Waals surface area contributed by atoms with Gasteiger partial charge in [0.05, 0.1) is 24.1 Å². The summed E-state index contributed by atoms with van der Waals surface area (Å²) in [4.78, 5) is 36.8. The van der Waals surface area contributed by atoms with Crippen LogP contribution in [-0.4, -0.2) is 63.7 Å². The van der Waals surface area contributed by atoms with Crippen molar-refractivity contribution in [1.82, 2.24) is 15.5 Å². The molecular formula is C12H18BrN3O5. The first kappa shape index (κ1) is 16.2. The van der Waals surface area contributed by atoms with E-state index in [-0.39, 0.29) is 30.3 Å². The summed E-state index contributed by atoms with van der Waals surface area (Å²) in [6.07, 6.45) is -1.40. The van der Waals surface area contributed by atoms with Crippen molar-refractivity contribution in [3.63, 3.8) is 0 Å². The molecule has 2 aliphatic heterocycles. The van der Waals surface area contributed by atoms with Crippen LogP contribution in [0, 0.1) is 0 Å². The fraction of sp³-hybridized carbons (Fsp3) is 0.750. The molecule has 0 saturated carbocycles. The second-order valence-corrected chi connectivity index (χ2v) is 6.06. The highest BCUT2D eigenvalue weighted by atomic mass is 79.9. The van der Waals surface area contributed by atoms with Gasteiger partial charge in [0.1, 0.15) is 11.8 Å². The molecule has 8 nitrogen and oxygen atoms in total. The van der Waals surface area contributed by atoms with E-state index in [1.807, 2.05) is 0 Å². The Labute approximate surface area is 130 Å². The molecular weight excluding hydrogens is 346 g/mol. The van der Waals surface area contributed by atoms with Gasteiger partial charge in [-0.2, -0.15) is 0 Å². The van der Waals surface area contributed by atoms with Crippen LogP contribution in [0.3, 0.4) is 0 Å². The highest BCUT2D eigenvalue weighted by molar-refractivity contribution is 9.09. The topological polar surface area (TPSA) is 108 Å². The van der Waals surface area contributed by atoms with Crippen molar-refractivity contribution >= 4 is 33.8 Å². The fourth-order valence-electron chi connectivity index (χ4n) is 2.45. The molecule has 4 atom stereocenters. The van der Waals surface area contributed by atoms with E-state index in [1.54, 1.807) is 6.92 Å². The molecule has 2 heterocycles. The van der Waals surface area contributed by atoms with Crippen molar-refractivity contribution < 1.29 is 24.2 Å². The lowest BCUT2D eigenvalue weighted by Crippen LogP contribution is -2.71. The van der Waals surface area contributed by atoms with Crippen LogP contribution in [0.2, 0.25) is 0 Å². The van der Waals surface area contributed by atoms with E-state index in [9.17, 15) is 19.5 Å². The van der Waals surface area contributed by atoms with Gasteiger partial charge in [0, 0.05) is 6.42 Å². The Morgan fingerprint density at radius 2 is 2.29 bits per heavy atom. The van der Waals surface area contributed by atoms with Crippen LogP contribution < -0.4 is 10.6 Å². The van der Waals surface area contributed by atoms with Crippen molar-refractivity contribution in [3.05, 3.63) is 0 Å². The van der Waals surface area contributed by atoms with Crippen LogP contribution in [0.15, 0.2) is 0 Å². The first-order valence-electron chi connectivity index (χ1n) is 6.59. The number of ether oxygens (including phenoxy) is 1. The number of alkyl halides is 1. The summed E-state index contributed by atoms with van der Waals surface area (Å²) in [7, 11) is 0. The van der Waals surface area contributed by atoms with Crippen LogP contribution in [0.4, 0.5) is 4.79 Å². The summed E-state index contributed by atoms with van der Waals surface area (Å²) in [5, 5.41) is 14.6. The lowest BCUT2D eigenvalue weighted by molar-refractivity contribution is -0.136. The summed E-state index contributed by atoms with van der Waals surface area (Å²) < 4.78 is 5.53. The number of aliphatic hydroxyl groups excluding tert-OH is 1. The van der Waals surface area contributed by atoms with Crippen molar-refractivity contribution in [2.24, 2.45) is 0 Å². The monoisotopic (exact) mass is 363 g/mol. The van der Waals surface area contributed by atoms with Crippen molar-refractivity contribution in [1.29, 1.82) is 0 Å². The predicted octanol–water partition coefficient (Wildman–Crippen LogP) is -0.696. The third-order valence-electron chi connectivity index (χ3n) is 3.71. The maximum atomic E-state index is 12.0. The van der Waals surface area contributed by atoms with Crippen LogP contribution in [0.1, 0.15) is 20.3 Å². The number of hydrogen-bond donors (Lipinski definition) is 3. The van der Waals surface area contributed by atoms with Gasteiger partial charge in [-0.1, -0.05) is 15.9 Å². The first-order chi connectivity index (χ1) is 9.76. The van der Waals surface area contributed by atoms with Gasteiger partial charge in [-0.3, -0.25) is 19.8 Å². The molecule has 0 aromatic heterocycles. The molecule has 2 saturated heterocycles. The molecule has 1 unspecified atom stereocenters. The number of aliphatic hydroxyl groups is 1. The summed E-state index contributed by atoms with van der Waals surface area (Å²) in [6, 6.07) is -0.586. The van der Waals surface area contributed by atoms with E-state index in [4.69, 9.17) is 4.74 Å². The molecule has 0 radical (unpaired) electrons. The first-order valence-corrected chi connectivity index (χ1v) is 7.71. The second kappa shape index (κ2) is 5.90. The molecule has 2 aliphatic rings. The minimum Gasteiger partial charge on any atom is -0.390 e. The number of rotatable bonds is 3. The average Bonchev–Trinajstić information content (AvgIpc) is 2.74. The Balaban J connectivity index is 2.14. The number of imide groups is 1. The predicted molar refractivity (Wildman–Crippen MR) is 75.5 cm³/mol. The molecule has 2 fully saturated rings. The van der Waals surface area contributed by atoms with Crippen LogP contribution in [-0.2, 0) is 14.3 Å². The van der Waals surface area contributed by atoms with Crippen molar-refractivity contribution in [2.45, 2.75) is 44.2 Å². The number of urea groups is 1. The Morgan fingerprint density at radius 1 is 1.62 bits per heavy atom. The highest BCUT2D eigenvalue weighted by Gasteiger charge is 2.47. The van der Waals surface area contributed by atoms with Gasteiger partial charge in [-0.25, -0.2) is 4.79 Å². The number of nitrogens with zero attached hydrogens (tertiary/aromatic N) is 1. The normalized spacial score (nSPS) is 36.6. The highest BCUT2D eigenvalue weighted by Crippen LogP contribution is 2.26. The molecule has 0 spiro atoms. The zero-order valence-corrected chi connectivity index (χ0v) is 13.3. The van der Waals surface area contributed by atoms with E-state index < -0.39 is 29.8 Å². The molecule has 0 aromatic carbocycles. The van der Waals surface area contributed by atoms with Gasteiger partial charge in [0.2, 0.25) is 5.91 Å². The number of carbonyl (C=O) groups excluding carboxylic acids is 3. The Kier molecular flexibility index (Phi) is 4.54. The Hall–Kier alpha value is -1.19. The zero-order chi connectivity index (χ0) is 15.8. The standard InChI is InChI=1S/C12H18BrN3O5/c1-6-7(17)3-9(21-6)16-5-12(2,15-8(18)4-13)10(19)14-11(16)20/h6-7,9,17H,3-5H2,1-2H3,(H,15,18)(H,14,19,20)/t6-,7+,9-,12?/m1/s1. The van der Waals surface area contributed by atoms with Crippen molar-refractivity contribution in [3.8, 4) is 0 Å². The molecule has 9 heteroatoms. The smallest absolute Gasteiger partial charge is 0.326 e. The minimum atomic E-state index is -1.24. The Bertz CT molecular complexity index is 464. The molecule has 118 valence electrons. The molecule has 0 aromatic rings. The Morgan fingerprint density at radius 3 is 2.81 bits per heavy atom. The van der Waals surface area contributed by atoms with E-state index in [0.29, 0.717) is 0 Å². The van der Waals surface area contributed by atoms with E-state index >= 15 is 0 Å². The van der Waals surface area contributed by atoms with Gasteiger partial charge in [-0.15, -0.1) is 0 Å². The number of halogens is 1. The third kappa shape index (κ3) is 3.19. The number of nitrogens with one attached hydrogen (secondary N) is 2. The molecule has 2 rings (SSSR count). The molecule has 0 aliphatic carbocycles. The number of amides is 4. The summed E-state index contributed by atoms with van der Waals surface area (Å²) in [5.41, 5.74) is -1.24. The quantitative estimate of drug-likeness (QED) is 0.575. The van der Waals surface area contributed by atoms with Gasteiger partial charge >= 0.3 is 6.03 Å². The number of hydrogen-bond acceptors (Lipinski definition) is 5. The maximum Gasteiger partial charge on any atom is 0.326 e. The van der Waals surface area contributed by atoms with Gasteiger partial charge in [0.15, 0.2) is 0 Å². The van der Waals surface area contributed by atoms with Crippen LogP contribution in [0.25, 0.3) is 0 Å². The molecule has 21 heavy (non-hydrogen) atoms. The molecule has 3 N–H and O–H groups in total. The van der Waals surface area contributed by atoms with E-state index in [0.717, 1.165) is 0 Å². The zero-order valence-electron chi connectivity index (χ0n) is 11.8. The van der Waals surface area contributed by atoms with E-state index in [2.05, 4.69) is 26.6 Å². The largest absolute Gasteiger partial charge is 0.390 e. The summed E-state index contributed by atoms with van der Waals surface area (Å²) in [6.45, 7) is 3.24. The van der Waals surface area contributed by atoms with Crippen LogP contribution in [0.5, 0.6) is 0 Å². The average molecular weight is 364 g/mol. The second-order valence-electron chi connectivity index (χ2n) is 5.50. The van der Waals surface area contributed by atoms with Gasteiger partial charge < -0.3 is 15.2 Å². The maximum absolute atomic E-state index is 12.0. The third-order valence-corrected chi connectivity index (χ3v) is 4.22. The SMILES string of the molecule is C[C@H]1O[C@@H](N2CC(C)(NC(=O)CBr)C(=O)NC2=O)C[C@@H]1O. The van der Waals surface area contributed by atoms with E-state index in [1.165, 1.54) is 11.8 Å². The van der Waals surface area contributed by atoms with Gasteiger partial charge in [-0.05, 0) is 13.8 Å². The molecule has 4 amide bonds. The molecule has 0 bridgehead atoms. The lowest BCUT2D eigenvalue weighted by atomic mass is 9.97. The fourth-order valence-corrected chi connectivity index (χ4v) is 2.59. The number of carbonyl (C=O) groups is 3. The minimum absolute atomic E-state index is 0.0134. The lowest BCUT2D eigenvalue weighted by Gasteiger charge is -2.41. The van der Waals surface area contributed by atoms with Gasteiger partial charge in [0.25, 0.3) is 5.91 Å². The summed E-state index contributed by atoms with van der Waals surface area (Å²) >= 11 is 3.01. The van der Waals surface area contributed by atoms with Crippen molar-refractivity contribution in [2.75, 3.05) is 11.9 Å².